The van der Waals surface area contributed by atoms with Gasteiger partial charge < -0.3 is 11.1 Å². The molecule has 1 atom stereocenters. The quantitative estimate of drug-likeness (QED) is 0.525. The highest BCUT2D eigenvalue weighted by Crippen LogP contribution is 2.08. The van der Waals surface area contributed by atoms with Gasteiger partial charge in [-0.15, -0.1) is 9.24 Å². The van der Waals surface area contributed by atoms with Gasteiger partial charge in [-0.25, -0.2) is 0 Å². The van der Waals surface area contributed by atoms with Crippen LogP contribution in [-0.4, -0.2) is 5.11 Å². The Kier molecular flexibility index (Phi) is 3.01. The first-order valence-corrected chi connectivity index (χ1v) is 4.51. The van der Waals surface area contributed by atoms with Gasteiger partial charge >= 0.3 is 0 Å². The zero-order valence-corrected chi connectivity index (χ0v) is 8.77. The first kappa shape index (κ1) is 9.43. The molecule has 0 aliphatic carbocycles. The summed E-state index contributed by atoms with van der Waals surface area (Å²) in [5, 5.41) is 4.31. The highest BCUT2D eigenvalue weighted by atomic mass is 32.1. The van der Waals surface area contributed by atoms with E-state index < -0.39 is 0 Å². The summed E-state index contributed by atoms with van der Waals surface area (Å²) in [7, 11) is 2.66. The van der Waals surface area contributed by atoms with Crippen molar-refractivity contribution in [2.24, 2.45) is 5.73 Å². The van der Waals surface area contributed by atoms with Crippen molar-refractivity contribution in [2.75, 3.05) is 5.32 Å². The lowest BCUT2D eigenvalue weighted by Gasteiger charge is -2.05. The van der Waals surface area contributed by atoms with Crippen molar-refractivity contribution < 1.29 is 0 Å². The average Bonchev–Trinajstić information content (AvgIpc) is 1.96. The molecule has 0 amide bonds. The van der Waals surface area contributed by atoms with E-state index in [1.807, 2.05) is 25.1 Å². The third-order valence-electron chi connectivity index (χ3n) is 1.55. The summed E-state index contributed by atoms with van der Waals surface area (Å²) in [4.78, 5) is 0. The first-order chi connectivity index (χ1) is 5.59. The van der Waals surface area contributed by atoms with Gasteiger partial charge in [-0.1, -0.05) is 6.07 Å². The number of thiocarbonyl (C=S) groups is 1. The summed E-state index contributed by atoms with van der Waals surface area (Å²) in [6, 6.07) is 5.95. The Morgan fingerprint density at radius 3 is 2.75 bits per heavy atom. The highest BCUT2D eigenvalue weighted by molar-refractivity contribution is 7.80. The van der Waals surface area contributed by atoms with Crippen LogP contribution >= 0.6 is 21.5 Å². The van der Waals surface area contributed by atoms with Crippen LogP contribution in [0, 0.1) is 6.92 Å². The number of hydrogen-bond acceptors (Lipinski definition) is 1. The van der Waals surface area contributed by atoms with Gasteiger partial charge in [-0.3, -0.25) is 0 Å². The Hall–Kier alpha value is -0.660. The number of benzene rings is 1. The van der Waals surface area contributed by atoms with Crippen LogP contribution in [-0.2, 0) is 0 Å². The van der Waals surface area contributed by atoms with Crippen LogP contribution in [0.5, 0.6) is 0 Å². The topological polar surface area (TPSA) is 38.0 Å². The maximum atomic E-state index is 5.33. The summed E-state index contributed by atoms with van der Waals surface area (Å²) in [5.41, 5.74) is 7.49. The maximum Gasteiger partial charge on any atom is 0.168 e. The molecular formula is C8H11N2PS. The smallest absolute Gasteiger partial charge is 0.168 e. The molecule has 1 aromatic carbocycles. The zero-order chi connectivity index (χ0) is 9.14. The Balaban J connectivity index is 2.89. The molecule has 3 N–H and O–H groups in total. The molecule has 0 spiro atoms. The molecule has 64 valence electrons. The van der Waals surface area contributed by atoms with Crippen molar-refractivity contribution in [2.45, 2.75) is 6.92 Å². The van der Waals surface area contributed by atoms with Crippen LogP contribution in [0.25, 0.3) is 0 Å². The van der Waals surface area contributed by atoms with Crippen molar-refractivity contribution >= 4 is 37.6 Å². The Morgan fingerprint density at radius 2 is 2.25 bits per heavy atom. The second-order valence-corrected chi connectivity index (χ2v) is 3.62. The minimum atomic E-state index is 0.295. The van der Waals surface area contributed by atoms with Crippen molar-refractivity contribution in [3.8, 4) is 0 Å². The van der Waals surface area contributed by atoms with E-state index in [0.29, 0.717) is 5.11 Å². The van der Waals surface area contributed by atoms with Crippen LogP contribution in [0.3, 0.4) is 0 Å². The van der Waals surface area contributed by atoms with E-state index >= 15 is 0 Å². The molecule has 0 radical (unpaired) electrons. The molecule has 2 nitrogen and oxygen atoms in total. The highest BCUT2D eigenvalue weighted by Gasteiger charge is 1.95. The predicted molar refractivity (Wildman–Crippen MR) is 60.9 cm³/mol. The lowest BCUT2D eigenvalue weighted by atomic mass is 10.2. The Bertz CT molecular complexity index is 312. The molecule has 1 aromatic rings. The minimum Gasteiger partial charge on any atom is -0.376 e. The van der Waals surface area contributed by atoms with E-state index in [1.54, 1.807) is 0 Å². The lowest BCUT2D eigenvalue weighted by Crippen LogP contribution is -2.19. The molecule has 0 fully saturated rings. The van der Waals surface area contributed by atoms with Gasteiger partial charge in [0.1, 0.15) is 0 Å². The van der Waals surface area contributed by atoms with E-state index in [1.165, 1.54) is 5.56 Å². The summed E-state index contributed by atoms with van der Waals surface area (Å²) in [5.74, 6) is 0. The molecule has 0 saturated heterocycles. The van der Waals surface area contributed by atoms with Gasteiger partial charge in [0.05, 0.1) is 0 Å². The second kappa shape index (κ2) is 3.83. The fraction of sp³-hybridized carbons (Fsp3) is 0.125. The number of hydrogen-bond donors (Lipinski definition) is 2. The third-order valence-corrected chi connectivity index (χ3v) is 2.27. The maximum absolute atomic E-state index is 5.33. The SMILES string of the molecule is Cc1ccc(NC(N)=S)cc1P. The summed E-state index contributed by atoms with van der Waals surface area (Å²) in [6.07, 6.45) is 0. The molecule has 0 heterocycles. The minimum absolute atomic E-state index is 0.295. The van der Waals surface area contributed by atoms with E-state index in [-0.39, 0.29) is 0 Å². The van der Waals surface area contributed by atoms with Crippen LogP contribution in [0.15, 0.2) is 18.2 Å². The standard InChI is InChI=1S/C8H11N2PS/c1-5-2-3-6(4-7(5)11)10-8(9)12/h2-4H,11H2,1H3,(H3,9,10,12). The second-order valence-electron chi connectivity index (χ2n) is 2.56. The summed E-state index contributed by atoms with van der Waals surface area (Å²) in [6.45, 7) is 2.05. The van der Waals surface area contributed by atoms with E-state index in [4.69, 9.17) is 18.0 Å². The van der Waals surface area contributed by atoms with Gasteiger partial charge in [0, 0.05) is 5.69 Å². The third kappa shape index (κ3) is 2.43. The lowest BCUT2D eigenvalue weighted by molar-refractivity contribution is 1.51. The molecule has 1 rings (SSSR count). The molecule has 1 unspecified atom stereocenters. The molecule has 0 bridgehead atoms. The predicted octanol–water partition coefficient (Wildman–Crippen LogP) is 1.15. The molecular weight excluding hydrogens is 187 g/mol. The number of anilines is 1. The fourth-order valence-corrected chi connectivity index (χ4v) is 1.25. The van der Waals surface area contributed by atoms with Gasteiger partial charge in [0.15, 0.2) is 5.11 Å². The number of rotatable bonds is 1. The van der Waals surface area contributed by atoms with Crippen molar-refractivity contribution in [1.82, 2.24) is 0 Å². The average molecular weight is 198 g/mol. The molecule has 0 aliphatic heterocycles. The van der Waals surface area contributed by atoms with Gasteiger partial charge in [0.2, 0.25) is 0 Å². The molecule has 0 saturated carbocycles. The van der Waals surface area contributed by atoms with Crippen LogP contribution in [0.4, 0.5) is 5.69 Å². The van der Waals surface area contributed by atoms with Gasteiger partial charge in [-0.2, -0.15) is 0 Å². The van der Waals surface area contributed by atoms with Crippen LogP contribution in [0.1, 0.15) is 5.56 Å². The van der Waals surface area contributed by atoms with E-state index in [0.717, 1.165) is 11.0 Å². The monoisotopic (exact) mass is 198 g/mol. The van der Waals surface area contributed by atoms with E-state index in [9.17, 15) is 0 Å². The zero-order valence-electron chi connectivity index (χ0n) is 6.79. The number of aryl methyl sites for hydroxylation is 1. The summed E-state index contributed by atoms with van der Waals surface area (Å²) < 4.78 is 0. The first-order valence-electron chi connectivity index (χ1n) is 3.52. The Labute approximate surface area is 79.7 Å². The van der Waals surface area contributed by atoms with Crippen molar-refractivity contribution in [3.63, 3.8) is 0 Å². The Morgan fingerprint density at radius 1 is 1.58 bits per heavy atom. The largest absolute Gasteiger partial charge is 0.376 e. The van der Waals surface area contributed by atoms with Gasteiger partial charge in [-0.05, 0) is 42.1 Å². The van der Waals surface area contributed by atoms with Crippen molar-refractivity contribution in [1.29, 1.82) is 0 Å². The van der Waals surface area contributed by atoms with Crippen molar-refractivity contribution in [3.05, 3.63) is 23.8 Å². The number of nitrogens with one attached hydrogen (secondary N) is 1. The van der Waals surface area contributed by atoms with Gasteiger partial charge in [0.25, 0.3) is 0 Å². The number of nitrogens with two attached hydrogens (primary N) is 1. The van der Waals surface area contributed by atoms with Crippen LogP contribution < -0.4 is 16.4 Å². The molecule has 12 heavy (non-hydrogen) atoms. The molecule has 0 aromatic heterocycles. The van der Waals surface area contributed by atoms with Crippen LogP contribution in [0.2, 0.25) is 0 Å². The van der Waals surface area contributed by atoms with E-state index in [2.05, 4.69) is 14.6 Å². The molecule has 0 aliphatic rings. The fourth-order valence-electron chi connectivity index (χ4n) is 0.860. The normalized spacial score (nSPS) is 9.50. The molecule has 4 heteroatoms. The summed E-state index contributed by atoms with van der Waals surface area (Å²) >= 11 is 4.71.